The van der Waals surface area contributed by atoms with E-state index in [0.717, 1.165) is 11.3 Å². The molecule has 208 valence electrons. The monoisotopic (exact) mass is 602 g/mol. The van der Waals surface area contributed by atoms with Crippen LogP contribution in [-0.4, -0.2) is 73.0 Å². The van der Waals surface area contributed by atoms with Crippen molar-refractivity contribution >= 4 is 75.1 Å². The second kappa shape index (κ2) is 12.3. The van der Waals surface area contributed by atoms with Crippen LogP contribution in [0.4, 0.5) is 16.8 Å². The highest BCUT2D eigenvalue weighted by molar-refractivity contribution is 8.01. The van der Waals surface area contributed by atoms with Gasteiger partial charge in [0.1, 0.15) is 22.8 Å². The number of aromatic nitrogens is 3. The molecule has 14 nitrogen and oxygen atoms in total. The Morgan fingerprint density at radius 1 is 1.43 bits per heavy atom. The number of thioether (sulfide) groups is 2. The first-order chi connectivity index (χ1) is 19.2. The standard InChI is InChI=1S/C23H23N9O5S3/c1-3-5-31-14(25)7-13(24)28-23(31)40-9-11-8-38-20-16(19(34)32(20)17(11)21(35)36)29-18(33)15(30-37-6-4-2)12-10-39-22(26)27-12/h2-3,7,10,16,20H,1,5-6,8-9H2,(H7,24,25,26,27,29,33,35,36)/p+1/b30-15-. The lowest BCUT2D eigenvalue weighted by Gasteiger charge is -2.49. The maximum Gasteiger partial charge on any atom is 0.352 e. The zero-order valence-corrected chi connectivity index (χ0v) is 23.2. The van der Waals surface area contributed by atoms with Gasteiger partial charge in [-0.2, -0.15) is 0 Å². The number of hydrogen-bond donors (Lipinski definition) is 5. The van der Waals surface area contributed by atoms with Crippen molar-refractivity contribution in [1.29, 1.82) is 0 Å². The average Bonchev–Trinajstić information content (AvgIpc) is 3.34. The Morgan fingerprint density at radius 3 is 2.85 bits per heavy atom. The predicted octanol–water partition coefficient (Wildman–Crippen LogP) is -0.357. The smallest absolute Gasteiger partial charge is 0.352 e. The zero-order valence-electron chi connectivity index (χ0n) is 20.8. The lowest BCUT2D eigenvalue weighted by molar-refractivity contribution is -0.713. The molecule has 17 heteroatoms. The van der Waals surface area contributed by atoms with Crippen molar-refractivity contribution in [3.05, 3.63) is 41.1 Å². The number of hydrogen-bond acceptors (Lipinski definition) is 13. The minimum atomic E-state index is -1.26. The average molecular weight is 603 g/mol. The van der Waals surface area contributed by atoms with E-state index in [0.29, 0.717) is 28.8 Å². The number of carbonyl (C=O) groups is 3. The molecule has 2 aliphatic rings. The van der Waals surface area contributed by atoms with Crippen LogP contribution in [0.15, 0.2) is 45.7 Å². The maximum absolute atomic E-state index is 13.1. The van der Waals surface area contributed by atoms with E-state index in [1.165, 1.54) is 39.9 Å². The van der Waals surface area contributed by atoms with Crippen molar-refractivity contribution in [2.24, 2.45) is 5.16 Å². The first-order valence-electron chi connectivity index (χ1n) is 11.4. The second-order valence-electron chi connectivity index (χ2n) is 8.18. The van der Waals surface area contributed by atoms with Crippen LogP contribution in [0.5, 0.6) is 0 Å². The molecule has 0 aliphatic carbocycles. The number of nitrogens with one attached hydrogen (secondary N) is 1. The zero-order chi connectivity index (χ0) is 29.0. The number of allylic oxidation sites excluding steroid dienone is 1. The number of carboxylic acids is 1. The molecular formula is C23H24N9O5S3+. The van der Waals surface area contributed by atoms with Crippen LogP contribution in [-0.2, 0) is 25.8 Å². The largest absolute Gasteiger partial charge is 0.477 e. The molecule has 8 N–H and O–H groups in total. The first kappa shape index (κ1) is 28.7. The Kier molecular flexibility index (Phi) is 8.82. The highest BCUT2D eigenvalue weighted by atomic mass is 32.2. The van der Waals surface area contributed by atoms with Gasteiger partial charge in [0.2, 0.25) is 11.6 Å². The summed E-state index contributed by atoms with van der Waals surface area (Å²) in [6.45, 7) is 3.90. The molecule has 0 spiro atoms. The van der Waals surface area contributed by atoms with Gasteiger partial charge in [0.25, 0.3) is 11.8 Å². The van der Waals surface area contributed by atoms with Gasteiger partial charge >= 0.3 is 11.1 Å². The van der Waals surface area contributed by atoms with E-state index in [-0.39, 0.29) is 40.4 Å². The first-order valence-corrected chi connectivity index (χ1v) is 14.3. The van der Waals surface area contributed by atoms with Crippen molar-refractivity contribution in [3.63, 3.8) is 0 Å². The Balaban J connectivity index is 1.52. The lowest BCUT2D eigenvalue weighted by Crippen LogP contribution is -2.71. The highest BCUT2D eigenvalue weighted by Gasteiger charge is 2.54. The molecule has 4 rings (SSSR count). The number of oxime groups is 1. The molecule has 2 amide bonds. The molecule has 2 aromatic rings. The van der Waals surface area contributed by atoms with Gasteiger partial charge in [0.15, 0.2) is 17.5 Å². The van der Waals surface area contributed by atoms with Crippen LogP contribution >= 0.6 is 34.9 Å². The summed E-state index contributed by atoms with van der Waals surface area (Å²) in [6, 6.07) is 0.518. The Labute approximate surface area is 240 Å². The molecule has 1 saturated heterocycles. The van der Waals surface area contributed by atoms with E-state index >= 15 is 0 Å². The number of thiazole rings is 1. The number of carbonyl (C=O) groups excluding carboxylic acids is 2. The van der Waals surface area contributed by atoms with Gasteiger partial charge in [-0.05, 0) is 17.3 Å². The van der Waals surface area contributed by atoms with Crippen LogP contribution in [0, 0.1) is 12.3 Å². The van der Waals surface area contributed by atoms with Crippen LogP contribution in [0.25, 0.3) is 0 Å². The van der Waals surface area contributed by atoms with Crippen molar-refractivity contribution < 1.29 is 28.9 Å². The minimum Gasteiger partial charge on any atom is -0.477 e. The van der Waals surface area contributed by atoms with Crippen molar-refractivity contribution in [2.75, 3.05) is 35.3 Å². The molecule has 1 fully saturated rings. The summed E-state index contributed by atoms with van der Waals surface area (Å²) in [5.41, 5.74) is 17.9. The Bertz CT molecular complexity index is 1480. The summed E-state index contributed by atoms with van der Waals surface area (Å²) in [6.07, 6.45) is 6.82. The molecule has 2 atom stereocenters. The van der Waals surface area contributed by atoms with Gasteiger partial charge in [-0.3, -0.25) is 14.5 Å². The number of nitrogens with zero attached hydrogens (tertiary/aromatic N) is 5. The number of β-lactam (4-membered cyclic amide) rings is 1. The number of nitrogen functional groups attached to an aromatic ring is 3. The minimum absolute atomic E-state index is 0.141. The summed E-state index contributed by atoms with van der Waals surface area (Å²) in [5.74, 6) is 0.738. The van der Waals surface area contributed by atoms with Crippen LogP contribution in [0.3, 0.4) is 0 Å². The fourth-order valence-electron chi connectivity index (χ4n) is 3.86. The SMILES string of the molecule is C#CCO/N=C(\C(=O)NC1C(=O)N2C(C(=O)O)=C(CSc3nc(N)cc(N)[n+]3CC=C)CSC12)c1csc(N)n1. The lowest BCUT2D eigenvalue weighted by atomic mass is 10.0. The predicted molar refractivity (Wildman–Crippen MR) is 152 cm³/mol. The number of rotatable bonds is 11. The van der Waals surface area contributed by atoms with Crippen LogP contribution in [0.1, 0.15) is 5.69 Å². The second-order valence-corrected chi connectivity index (χ2v) is 11.1. The number of nitrogens with two attached hydrogens (primary N) is 3. The number of terminal acetylenes is 1. The molecule has 0 radical (unpaired) electrons. The summed E-state index contributed by atoms with van der Waals surface area (Å²) >= 11 is 3.65. The summed E-state index contributed by atoms with van der Waals surface area (Å²) < 4.78 is 1.69. The molecule has 2 aromatic heterocycles. The molecule has 0 aromatic carbocycles. The third kappa shape index (κ3) is 5.83. The number of amides is 2. The molecule has 2 aliphatic heterocycles. The van der Waals surface area contributed by atoms with E-state index in [9.17, 15) is 19.5 Å². The molecular weight excluding hydrogens is 579 g/mol. The van der Waals surface area contributed by atoms with E-state index in [4.69, 9.17) is 28.5 Å². The Hall–Kier alpha value is -4.27. The summed E-state index contributed by atoms with van der Waals surface area (Å²) in [7, 11) is 0. The highest BCUT2D eigenvalue weighted by Crippen LogP contribution is 2.41. The van der Waals surface area contributed by atoms with Crippen LogP contribution < -0.4 is 27.1 Å². The number of anilines is 3. The van der Waals surface area contributed by atoms with Gasteiger partial charge in [-0.25, -0.2) is 14.3 Å². The van der Waals surface area contributed by atoms with E-state index < -0.39 is 29.2 Å². The maximum atomic E-state index is 13.1. The van der Waals surface area contributed by atoms with Gasteiger partial charge in [0.05, 0.1) is 12.6 Å². The van der Waals surface area contributed by atoms with Crippen LogP contribution in [0.2, 0.25) is 0 Å². The number of fused-ring (bicyclic) bond motifs is 1. The Morgan fingerprint density at radius 2 is 2.20 bits per heavy atom. The fourth-order valence-corrected chi connectivity index (χ4v) is 6.93. The molecule has 40 heavy (non-hydrogen) atoms. The van der Waals surface area contributed by atoms with Gasteiger partial charge < -0.3 is 32.5 Å². The number of carboxylic acid groups (broad SMARTS) is 1. The summed E-state index contributed by atoms with van der Waals surface area (Å²) in [4.78, 5) is 52.9. The number of aliphatic carboxylic acids is 1. The van der Waals surface area contributed by atoms with Gasteiger partial charge in [-0.1, -0.05) is 28.7 Å². The quantitative estimate of drug-likeness (QED) is 0.0257. The molecule has 4 heterocycles. The van der Waals surface area contributed by atoms with Crippen molar-refractivity contribution in [3.8, 4) is 12.3 Å². The fraction of sp³-hybridized carbons (Fsp3) is 0.261. The van der Waals surface area contributed by atoms with E-state index in [1.807, 2.05) is 0 Å². The summed E-state index contributed by atoms with van der Waals surface area (Å²) in [5, 5.41) is 17.9. The third-order valence-corrected chi connectivity index (χ3v) is 8.65. The third-order valence-electron chi connectivity index (χ3n) is 5.57. The molecule has 0 bridgehead atoms. The normalized spacial score (nSPS) is 18.4. The van der Waals surface area contributed by atoms with Crippen molar-refractivity contribution in [2.45, 2.75) is 23.1 Å². The molecule has 2 unspecified atom stereocenters. The topological polar surface area (TPSA) is 216 Å². The van der Waals surface area contributed by atoms with Gasteiger partial charge in [-0.15, -0.1) is 29.5 Å². The van der Waals surface area contributed by atoms with Crippen molar-refractivity contribution in [1.82, 2.24) is 20.2 Å². The van der Waals surface area contributed by atoms with Gasteiger partial charge in [0, 0.05) is 16.9 Å². The molecule has 0 saturated carbocycles. The van der Waals surface area contributed by atoms with E-state index in [2.05, 4.69) is 32.9 Å². The van der Waals surface area contributed by atoms with E-state index in [1.54, 1.807) is 10.6 Å².